The molecule has 4 rings (SSSR count). The van der Waals surface area contributed by atoms with Gasteiger partial charge in [0.2, 0.25) is 5.91 Å². The average molecular weight is 400 g/mol. The molecular weight excluding hydrogens is 380 g/mol. The van der Waals surface area contributed by atoms with E-state index >= 15 is 0 Å². The largest absolute Gasteiger partial charge is 0.373 e. The molecule has 3 N–H and O–H groups in total. The highest BCUT2D eigenvalue weighted by atomic mass is 16.2. The fourth-order valence-electron chi connectivity index (χ4n) is 3.28. The molecule has 0 fully saturated rings. The Labute approximate surface area is 172 Å². The second-order valence-corrected chi connectivity index (χ2v) is 6.75. The van der Waals surface area contributed by atoms with Gasteiger partial charge in [-0.15, -0.1) is 0 Å². The van der Waals surface area contributed by atoms with Crippen molar-refractivity contribution in [2.45, 2.75) is 0 Å². The van der Waals surface area contributed by atoms with Gasteiger partial charge in [-0.05, 0) is 35.9 Å². The molecular formula is C22H20N6O2. The van der Waals surface area contributed by atoms with E-state index in [2.05, 4.69) is 32.2 Å². The monoisotopic (exact) mass is 400 g/mol. The molecule has 1 amide bonds. The van der Waals surface area contributed by atoms with E-state index in [1.807, 2.05) is 31.4 Å². The lowest BCUT2D eigenvalue weighted by Crippen LogP contribution is -2.23. The predicted molar refractivity (Wildman–Crippen MR) is 118 cm³/mol. The molecule has 0 aliphatic rings. The minimum absolute atomic E-state index is 0.182. The summed E-state index contributed by atoms with van der Waals surface area (Å²) >= 11 is 0. The standard InChI is InChI=1S/C22H20N6O2/c1-4-20(29)27-18-8-15(12-28(3)22(18)30)14-7-16-17(11-26-21(16)25-10-14)13-5-6-24-19(9-13)23-2/h4-12H,1H2,2-3H3,(H,23,24)(H,25,26)(H,27,29). The van der Waals surface area contributed by atoms with Gasteiger partial charge in [0.05, 0.1) is 0 Å². The number of hydrogen-bond acceptors (Lipinski definition) is 5. The van der Waals surface area contributed by atoms with Gasteiger partial charge in [-0.1, -0.05) is 6.58 Å². The number of pyridine rings is 3. The number of aromatic nitrogens is 4. The van der Waals surface area contributed by atoms with Crippen LogP contribution >= 0.6 is 0 Å². The second-order valence-electron chi connectivity index (χ2n) is 6.75. The maximum Gasteiger partial charge on any atom is 0.274 e. The summed E-state index contributed by atoms with van der Waals surface area (Å²) in [6.07, 6.45) is 8.23. The first-order valence-corrected chi connectivity index (χ1v) is 9.26. The number of aromatic amines is 1. The van der Waals surface area contributed by atoms with E-state index < -0.39 is 5.91 Å². The molecule has 0 aliphatic heterocycles. The van der Waals surface area contributed by atoms with E-state index in [9.17, 15) is 9.59 Å². The smallest absolute Gasteiger partial charge is 0.274 e. The number of amides is 1. The lowest BCUT2D eigenvalue weighted by molar-refractivity contribution is -0.111. The Balaban J connectivity index is 1.83. The van der Waals surface area contributed by atoms with Gasteiger partial charge in [0.25, 0.3) is 5.56 Å². The van der Waals surface area contributed by atoms with Crippen molar-refractivity contribution in [3.8, 4) is 22.3 Å². The van der Waals surface area contributed by atoms with Gasteiger partial charge in [-0.3, -0.25) is 9.59 Å². The fourth-order valence-corrected chi connectivity index (χ4v) is 3.28. The van der Waals surface area contributed by atoms with E-state index in [1.165, 1.54) is 4.57 Å². The number of nitrogens with zero attached hydrogens (tertiary/aromatic N) is 3. The van der Waals surface area contributed by atoms with Crippen LogP contribution in [0.15, 0.2) is 66.5 Å². The molecule has 0 radical (unpaired) electrons. The highest BCUT2D eigenvalue weighted by Crippen LogP contribution is 2.31. The van der Waals surface area contributed by atoms with Crippen molar-refractivity contribution >= 4 is 28.4 Å². The third-order valence-electron chi connectivity index (χ3n) is 4.82. The van der Waals surface area contributed by atoms with E-state index in [0.717, 1.165) is 45.2 Å². The van der Waals surface area contributed by atoms with Gasteiger partial charge in [0, 0.05) is 61.0 Å². The lowest BCUT2D eigenvalue weighted by atomic mass is 10.0. The Bertz CT molecular complexity index is 1340. The maximum absolute atomic E-state index is 12.4. The highest BCUT2D eigenvalue weighted by molar-refractivity contribution is 5.99. The lowest BCUT2D eigenvalue weighted by Gasteiger charge is -2.09. The molecule has 0 aliphatic carbocycles. The van der Waals surface area contributed by atoms with Crippen LogP contribution in [0.4, 0.5) is 11.5 Å². The maximum atomic E-state index is 12.4. The molecule has 4 aromatic heterocycles. The highest BCUT2D eigenvalue weighted by Gasteiger charge is 2.12. The summed E-state index contributed by atoms with van der Waals surface area (Å²) in [5.74, 6) is 0.329. The van der Waals surface area contributed by atoms with Crippen molar-refractivity contribution in [2.75, 3.05) is 17.7 Å². The van der Waals surface area contributed by atoms with Crippen molar-refractivity contribution in [3.05, 3.63) is 72.1 Å². The summed E-state index contributed by atoms with van der Waals surface area (Å²) in [4.78, 5) is 36.0. The number of H-pyrrole nitrogens is 1. The second kappa shape index (κ2) is 7.67. The Morgan fingerprint density at radius 2 is 2.03 bits per heavy atom. The summed E-state index contributed by atoms with van der Waals surface area (Å²) in [6, 6.07) is 7.55. The van der Waals surface area contributed by atoms with E-state index in [1.54, 1.807) is 31.7 Å². The number of carbonyl (C=O) groups excluding carboxylic acids is 1. The number of carbonyl (C=O) groups is 1. The summed E-state index contributed by atoms with van der Waals surface area (Å²) in [6.45, 7) is 3.43. The van der Waals surface area contributed by atoms with E-state index in [-0.39, 0.29) is 11.2 Å². The fraction of sp³-hybridized carbons (Fsp3) is 0.0909. The van der Waals surface area contributed by atoms with Crippen molar-refractivity contribution < 1.29 is 4.79 Å². The summed E-state index contributed by atoms with van der Waals surface area (Å²) in [5.41, 5.74) is 4.19. The van der Waals surface area contributed by atoms with Gasteiger partial charge in [-0.2, -0.15) is 0 Å². The average Bonchev–Trinajstić information content (AvgIpc) is 3.20. The molecule has 8 heteroatoms. The van der Waals surface area contributed by atoms with Crippen molar-refractivity contribution in [1.29, 1.82) is 0 Å². The van der Waals surface area contributed by atoms with Crippen LogP contribution in [0.2, 0.25) is 0 Å². The Kier molecular flexibility index (Phi) is 4.89. The molecule has 4 aromatic rings. The third kappa shape index (κ3) is 3.46. The molecule has 0 atom stereocenters. The zero-order valence-corrected chi connectivity index (χ0v) is 16.6. The Hall–Kier alpha value is -4.20. The molecule has 4 heterocycles. The molecule has 0 saturated heterocycles. The van der Waals surface area contributed by atoms with Gasteiger partial charge >= 0.3 is 0 Å². The van der Waals surface area contributed by atoms with Gasteiger partial charge in [0.15, 0.2) is 0 Å². The molecule has 0 unspecified atom stereocenters. The van der Waals surface area contributed by atoms with Crippen molar-refractivity contribution in [1.82, 2.24) is 19.5 Å². The molecule has 30 heavy (non-hydrogen) atoms. The Morgan fingerprint density at radius 3 is 2.80 bits per heavy atom. The van der Waals surface area contributed by atoms with Crippen molar-refractivity contribution in [3.63, 3.8) is 0 Å². The van der Waals surface area contributed by atoms with Crippen LogP contribution < -0.4 is 16.2 Å². The van der Waals surface area contributed by atoms with Crippen LogP contribution in [0.5, 0.6) is 0 Å². The number of nitrogens with one attached hydrogen (secondary N) is 3. The number of rotatable bonds is 5. The van der Waals surface area contributed by atoms with Crippen LogP contribution in [0.3, 0.4) is 0 Å². The minimum atomic E-state index is -0.441. The number of aryl methyl sites for hydroxylation is 1. The molecule has 0 aromatic carbocycles. The van der Waals surface area contributed by atoms with Crippen LogP contribution in [0.25, 0.3) is 33.3 Å². The van der Waals surface area contributed by atoms with Crippen LogP contribution in [-0.4, -0.2) is 32.5 Å². The summed E-state index contributed by atoms with van der Waals surface area (Å²) < 4.78 is 1.43. The van der Waals surface area contributed by atoms with Gasteiger partial charge in [-0.25, -0.2) is 9.97 Å². The third-order valence-corrected chi connectivity index (χ3v) is 4.82. The first-order valence-electron chi connectivity index (χ1n) is 9.26. The van der Waals surface area contributed by atoms with Gasteiger partial charge < -0.3 is 20.2 Å². The molecule has 0 bridgehead atoms. The zero-order valence-electron chi connectivity index (χ0n) is 16.6. The van der Waals surface area contributed by atoms with Crippen LogP contribution in [0, 0.1) is 0 Å². The number of fused-ring (bicyclic) bond motifs is 1. The Morgan fingerprint density at radius 1 is 1.20 bits per heavy atom. The molecule has 0 spiro atoms. The summed E-state index contributed by atoms with van der Waals surface area (Å²) in [5, 5.41) is 6.54. The van der Waals surface area contributed by atoms with E-state index in [0.29, 0.717) is 0 Å². The first kappa shape index (κ1) is 19.1. The normalized spacial score (nSPS) is 10.7. The zero-order chi connectivity index (χ0) is 21.3. The molecule has 8 nitrogen and oxygen atoms in total. The summed E-state index contributed by atoms with van der Waals surface area (Å²) in [7, 11) is 3.46. The SMILES string of the molecule is C=CC(=O)Nc1cc(-c2cnc3[nH]cc(-c4ccnc(NC)c4)c3c2)cn(C)c1=O. The van der Waals surface area contributed by atoms with E-state index in [4.69, 9.17) is 0 Å². The first-order chi connectivity index (χ1) is 14.5. The predicted octanol–water partition coefficient (Wildman–Crippen LogP) is 3.16. The quantitative estimate of drug-likeness (QED) is 0.447. The molecule has 150 valence electrons. The van der Waals surface area contributed by atoms with Crippen LogP contribution in [0.1, 0.15) is 0 Å². The van der Waals surface area contributed by atoms with Crippen molar-refractivity contribution in [2.24, 2.45) is 7.05 Å². The van der Waals surface area contributed by atoms with Crippen LogP contribution in [-0.2, 0) is 11.8 Å². The topological polar surface area (TPSA) is 105 Å². The number of hydrogen-bond donors (Lipinski definition) is 3. The van der Waals surface area contributed by atoms with Gasteiger partial charge in [0.1, 0.15) is 17.2 Å². The molecule has 0 saturated carbocycles. The minimum Gasteiger partial charge on any atom is -0.373 e. The number of anilines is 2.